The topological polar surface area (TPSA) is 24.1 Å². The third kappa shape index (κ3) is 10.5. The number of hydrogen-bond donors (Lipinski definition) is 2. The van der Waals surface area contributed by atoms with Crippen molar-refractivity contribution in [3.05, 3.63) is 60.7 Å². The van der Waals surface area contributed by atoms with Crippen LogP contribution in [0.25, 0.3) is 0 Å². The van der Waals surface area contributed by atoms with Gasteiger partial charge in [0.05, 0.1) is 9.98 Å². The SMILES string of the molecule is CC(=S)Nc1ccccc1.CC(=S)Nc1ccccc1.[Hg+2]. The minimum atomic E-state index is 0. The Balaban J connectivity index is 0.000000364. The molecule has 21 heavy (non-hydrogen) atoms. The van der Waals surface area contributed by atoms with Gasteiger partial charge in [-0.2, -0.15) is 0 Å². The molecule has 0 heterocycles. The molecule has 0 saturated heterocycles. The number of benzene rings is 2. The predicted molar refractivity (Wildman–Crippen MR) is 96.7 cm³/mol. The molecule has 0 fully saturated rings. The van der Waals surface area contributed by atoms with Crippen molar-refractivity contribution in [3.8, 4) is 0 Å². The van der Waals surface area contributed by atoms with Gasteiger partial charge in [-0.25, -0.2) is 0 Å². The normalized spacial score (nSPS) is 8.48. The van der Waals surface area contributed by atoms with Crippen LogP contribution in [-0.4, -0.2) is 9.98 Å². The van der Waals surface area contributed by atoms with Gasteiger partial charge < -0.3 is 10.6 Å². The summed E-state index contributed by atoms with van der Waals surface area (Å²) in [5, 5.41) is 6.07. The van der Waals surface area contributed by atoms with E-state index in [-0.39, 0.29) is 27.7 Å². The van der Waals surface area contributed by atoms with Gasteiger partial charge in [0.15, 0.2) is 0 Å². The van der Waals surface area contributed by atoms with Gasteiger partial charge in [-0.3, -0.25) is 0 Å². The zero-order chi connectivity index (χ0) is 14.8. The van der Waals surface area contributed by atoms with E-state index >= 15 is 0 Å². The molecular formula is C16H18HgN2S2+2. The molecule has 2 N–H and O–H groups in total. The summed E-state index contributed by atoms with van der Waals surface area (Å²) in [7, 11) is 0. The summed E-state index contributed by atoms with van der Waals surface area (Å²) < 4.78 is 0. The van der Waals surface area contributed by atoms with Crippen LogP contribution in [0, 0.1) is 0 Å². The minimum Gasteiger partial charge on any atom is -0.350 e. The maximum Gasteiger partial charge on any atom is 2.00 e. The summed E-state index contributed by atoms with van der Waals surface area (Å²) in [5.41, 5.74) is 2.10. The van der Waals surface area contributed by atoms with Crippen LogP contribution in [0.5, 0.6) is 0 Å². The van der Waals surface area contributed by atoms with Gasteiger partial charge in [-0.1, -0.05) is 60.8 Å². The fourth-order valence-electron chi connectivity index (χ4n) is 1.45. The molecule has 2 aromatic carbocycles. The van der Waals surface area contributed by atoms with Gasteiger partial charge >= 0.3 is 27.7 Å². The molecule has 0 aliphatic rings. The van der Waals surface area contributed by atoms with Gasteiger partial charge in [0.1, 0.15) is 0 Å². The molecule has 0 radical (unpaired) electrons. The first-order valence-electron chi connectivity index (χ1n) is 6.23. The molecule has 5 heteroatoms. The molecule has 0 spiro atoms. The van der Waals surface area contributed by atoms with E-state index in [1.54, 1.807) is 0 Å². The molecule has 0 amide bonds. The van der Waals surface area contributed by atoms with Crippen molar-refractivity contribution in [1.29, 1.82) is 0 Å². The Labute approximate surface area is 157 Å². The number of anilines is 2. The number of rotatable bonds is 2. The summed E-state index contributed by atoms with van der Waals surface area (Å²) >= 11 is 9.73. The molecule has 2 aromatic rings. The third-order valence-electron chi connectivity index (χ3n) is 2.19. The first-order chi connectivity index (χ1) is 9.58. The van der Waals surface area contributed by atoms with Gasteiger partial charge in [0.25, 0.3) is 0 Å². The summed E-state index contributed by atoms with van der Waals surface area (Å²) in [6, 6.07) is 19.8. The van der Waals surface area contributed by atoms with Gasteiger partial charge in [0, 0.05) is 11.4 Å². The number of thiocarbonyl (C=S) groups is 2. The second-order valence-electron chi connectivity index (χ2n) is 4.09. The molecule has 0 atom stereocenters. The van der Waals surface area contributed by atoms with Crippen molar-refractivity contribution in [2.45, 2.75) is 13.8 Å². The Morgan fingerprint density at radius 3 is 1.19 bits per heavy atom. The zero-order valence-corrected chi connectivity index (χ0v) is 19.4. The van der Waals surface area contributed by atoms with Gasteiger partial charge in [-0.15, -0.1) is 0 Å². The smallest absolute Gasteiger partial charge is 0.350 e. The second-order valence-corrected chi connectivity index (χ2v) is 5.32. The quantitative estimate of drug-likeness (QED) is 0.451. The standard InChI is InChI=1S/2C8H9NS.Hg/c2*1-7(10)9-8-5-3-2-4-6-8;/h2*2-6H,1H3,(H,9,10);/q;;+2. The Morgan fingerprint density at radius 2 is 0.952 bits per heavy atom. The van der Waals surface area contributed by atoms with Crippen molar-refractivity contribution in [2.24, 2.45) is 0 Å². The van der Waals surface area contributed by atoms with E-state index in [2.05, 4.69) is 10.6 Å². The fourth-order valence-corrected chi connectivity index (χ4v) is 1.69. The van der Waals surface area contributed by atoms with Crippen molar-refractivity contribution >= 4 is 45.8 Å². The molecule has 0 unspecified atom stereocenters. The van der Waals surface area contributed by atoms with Gasteiger partial charge in [0.2, 0.25) is 0 Å². The molecule has 0 aliphatic carbocycles. The van der Waals surface area contributed by atoms with E-state index in [1.165, 1.54) is 0 Å². The van der Waals surface area contributed by atoms with Crippen LogP contribution in [0.15, 0.2) is 60.7 Å². The molecule has 2 nitrogen and oxygen atoms in total. The van der Waals surface area contributed by atoms with Gasteiger partial charge in [-0.05, 0) is 38.1 Å². The van der Waals surface area contributed by atoms with Crippen LogP contribution in [0.3, 0.4) is 0 Å². The fraction of sp³-hybridized carbons (Fsp3) is 0.125. The molecular weight excluding hydrogens is 485 g/mol. The Kier molecular flexibility index (Phi) is 11.3. The molecule has 0 aliphatic heterocycles. The van der Waals surface area contributed by atoms with E-state index in [1.807, 2.05) is 74.5 Å². The molecule has 0 saturated carbocycles. The van der Waals surface area contributed by atoms with Crippen LogP contribution in [0.1, 0.15) is 13.8 Å². The van der Waals surface area contributed by atoms with Crippen molar-refractivity contribution in [2.75, 3.05) is 10.6 Å². The third-order valence-corrected chi connectivity index (χ3v) is 2.39. The largest absolute Gasteiger partial charge is 2.00 e. The van der Waals surface area contributed by atoms with Crippen molar-refractivity contribution in [3.63, 3.8) is 0 Å². The summed E-state index contributed by atoms with van der Waals surface area (Å²) in [5.74, 6) is 0. The first kappa shape index (κ1) is 20.2. The Hall–Kier alpha value is -0.845. The van der Waals surface area contributed by atoms with E-state index in [0.717, 1.165) is 21.4 Å². The average Bonchev–Trinajstić information content (AvgIpc) is 2.40. The van der Waals surface area contributed by atoms with E-state index in [4.69, 9.17) is 24.4 Å². The maximum atomic E-state index is 4.87. The molecule has 2 rings (SSSR count). The maximum absolute atomic E-state index is 4.87. The Morgan fingerprint density at radius 1 is 0.667 bits per heavy atom. The second kappa shape index (κ2) is 11.8. The predicted octanol–water partition coefficient (Wildman–Crippen LogP) is 4.89. The average molecular weight is 503 g/mol. The van der Waals surface area contributed by atoms with Crippen LogP contribution in [0.4, 0.5) is 11.4 Å². The number of nitrogens with one attached hydrogen (secondary N) is 2. The number of para-hydroxylation sites is 2. The van der Waals surface area contributed by atoms with Crippen LogP contribution in [-0.2, 0) is 27.7 Å². The minimum absolute atomic E-state index is 0. The van der Waals surface area contributed by atoms with Crippen LogP contribution < -0.4 is 10.6 Å². The first-order valence-corrected chi connectivity index (χ1v) is 7.05. The van der Waals surface area contributed by atoms with Crippen molar-refractivity contribution in [1.82, 2.24) is 0 Å². The molecule has 104 valence electrons. The van der Waals surface area contributed by atoms with Crippen molar-refractivity contribution < 1.29 is 27.7 Å². The van der Waals surface area contributed by atoms with Crippen LogP contribution >= 0.6 is 24.4 Å². The van der Waals surface area contributed by atoms with E-state index < -0.39 is 0 Å². The number of hydrogen-bond acceptors (Lipinski definition) is 2. The molecule has 0 bridgehead atoms. The summed E-state index contributed by atoms with van der Waals surface area (Å²) in [4.78, 5) is 1.59. The summed E-state index contributed by atoms with van der Waals surface area (Å²) in [6.07, 6.45) is 0. The van der Waals surface area contributed by atoms with Crippen LogP contribution in [0.2, 0.25) is 0 Å². The monoisotopic (exact) mass is 504 g/mol. The summed E-state index contributed by atoms with van der Waals surface area (Å²) in [6.45, 7) is 3.73. The van der Waals surface area contributed by atoms with E-state index in [9.17, 15) is 0 Å². The van der Waals surface area contributed by atoms with E-state index in [0.29, 0.717) is 0 Å². The Bertz CT molecular complexity index is 493. The molecule has 0 aromatic heterocycles. The zero-order valence-electron chi connectivity index (χ0n) is 12.3.